The van der Waals surface area contributed by atoms with Gasteiger partial charge in [0, 0.05) is 38.3 Å². The van der Waals surface area contributed by atoms with Crippen LogP contribution in [0.1, 0.15) is 34.6 Å². The molecule has 0 saturated carbocycles. The molecule has 0 aromatic heterocycles. The summed E-state index contributed by atoms with van der Waals surface area (Å²) in [6.07, 6.45) is 3.14. The summed E-state index contributed by atoms with van der Waals surface area (Å²) in [5, 5.41) is 10.9. The highest BCUT2D eigenvalue weighted by Crippen LogP contribution is 2.46. The van der Waals surface area contributed by atoms with Crippen molar-refractivity contribution in [1.82, 2.24) is 4.90 Å². The van der Waals surface area contributed by atoms with Gasteiger partial charge in [-0.2, -0.15) is 0 Å². The summed E-state index contributed by atoms with van der Waals surface area (Å²) < 4.78 is 0. The first-order valence-electron chi connectivity index (χ1n) is 11.0. The fourth-order valence-electron chi connectivity index (χ4n) is 5.49. The van der Waals surface area contributed by atoms with E-state index in [1.165, 1.54) is 39.1 Å². The number of halogens is 1. The van der Waals surface area contributed by atoms with Crippen LogP contribution in [-0.4, -0.2) is 43.7 Å². The van der Waals surface area contributed by atoms with Crippen molar-refractivity contribution in [3.05, 3.63) is 81.9 Å². The quantitative estimate of drug-likeness (QED) is 0.561. The van der Waals surface area contributed by atoms with Gasteiger partial charge >= 0.3 is 0 Å². The lowest BCUT2D eigenvalue weighted by Crippen LogP contribution is -2.39. The molecule has 3 nitrogen and oxygen atoms in total. The van der Waals surface area contributed by atoms with Crippen molar-refractivity contribution >= 4 is 17.3 Å². The predicted octanol–water partition coefficient (Wildman–Crippen LogP) is 5.71. The summed E-state index contributed by atoms with van der Waals surface area (Å²) >= 11 is 6.28. The molecule has 0 unspecified atom stereocenters. The van der Waals surface area contributed by atoms with Gasteiger partial charge in [-0.05, 0) is 84.0 Å². The second-order valence-electron chi connectivity index (χ2n) is 9.13. The number of fused-ring (bicyclic) bond motifs is 5. The Morgan fingerprint density at radius 3 is 2.52 bits per heavy atom. The van der Waals surface area contributed by atoms with Gasteiger partial charge in [0.15, 0.2) is 0 Å². The van der Waals surface area contributed by atoms with E-state index in [4.69, 9.17) is 11.6 Å². The van der Waals surface area contributed by atoms with Gasteiger partial charge in [-0.1, -0.05) is 41.9 Å². The number of nitrogens with zero attached hydrogens (tertiary/aromatic N) is 2. The van der Waals surface area contributed by atoms with Crippen LogP contribution in [0.3, 0.4) is 0 Å². The number of phenolic OH excluding ortho intramolecular Hbond substituents is 1. The molecule has 1 aliphatic heterocycles. The first-order chi connectivity index (χ1) is 14.9. The zero-order valence-corrected chi connectivity index (χ0v) is 19.2. The lowest BCUT2D eigenvalue weighted by Gasteiger charge is -2.39. The third-order valence-corrected chi connectivity index (χ3v) is 7.46. The molecular formula is C27H29ClN2O. The average Bonchev–Trinajstić information content (AvgIpc) is 2.91. The minimum absolute atomic E-state index is 0.186. The normalized spacial score (nSPS) is 20.4. The van der Waals surface area contributed by atoms with Gasteiger partial charge in [0.2, 0.25) is 0 Å². The molecule has 31 heavy (non-hydrogen) atoms. The highest BCUT2D eigenvalue weighted by Gasteiger charge is 2.37. The van der Waals surface area contributed by atoms with Gasteiger partial charge in [-0.3, -0.25) is 0 Å². The van der Waals surface area contributed by atoms with E-state index in [9.17, 15) is 5.11 Å². The molecule has 1 aliphatic carbocycles. The molecule has 160 valence electrons. The van der Waals surface area contributed by atoms with Crippen LogP contribution in [0.15, 0.2) is 54.6 Å². The SMILES string of the molecule is CN(C)c1ccc(-c2cccc3c2CC[C@H]2[C@H]3c3cc(O)c(Cl)cc3CCN2C)cc1. The summed E-state index contributed by atoms with van der Waals surface area (Å²) in [7, 11) is 6.38. The molecule has 1 N–H and O–H groups in total. The van der Waals surface area contributed by atoms with E-state index in [1.807, 2.05) is 12.1 Å². The Morgan fingerprint density at radius 1 is 1.00 bits per heavy atom. The van der Waals surface area contributed by atoms with Crippen LogP contribution in [0.2, 0.25) is 5.02 Å². The van der Waals surface area contributed by atoms with Crippen LogP contribution in [0.5, 0.6) is 5.75 Å². The second kappa shape index (κ2) is 7.89. The topological polar surface area (TPSA) is 26.7 Å². The Bertz CT molecular complexity index is 1120. The molecular weight excluding hydrogens is 404 g/mol. The summed E-state index contributed by atoms with van der Waals surface area (Å²) in [5.41, 5.74) is 9.13. The van der Waals surface area contributed by atoms with Gasteiger partial charge in [0.05, 0.1) is 5.02 Å². The van der Waals surface area contributed by atoms with Crippen LogP contribution in [-0.2, 0) is 12.8 Å². The molecule has 3 aromatic rings. The van der Waals surface area contributed by atoms with Crippen molar-refractivity contribution in [3.8, 4) is 16.9 Å². The van der Waals surface area contributed by atoms with E-state index in [0.29, 0.717) is 11.1 Å². The van der Waals surface area contributed by atoms with Crippen molar-refractivity contribution < 1.29 is 5.11 Å². The third-order valence-electron chi connectivity index (χ3n) is 7.16. The molecule has 1 heterocycles. The van der Waals surface area contributed by atoms with Crippen molar-refractivity contribution in [2.45, 2.75) is 31.2 Å². The minimum Gasteiger partial charge on any atom is -0.506 e. The number of phenols is 1. The first-order valence-corrected chi connectivity index (χ1v) is 11.4. The third kappa shape index (κ3) is 3.50. The maximum Gasteiger partial charge on any atom is 0.134 e. The number of benzene rings is 3. The van der Waals surface area contributed by atoms with Gasteiger partial charge in [-0.25, -0.2) is 0 Å². The van der Waals surface area contributed by atoms with Gasteiger partial charge in [0.1, 0.15) is 5.75 Å². The maximum atomic E-state index is 10.4. The fourth-order valence-corrected chi connectivity index (χ4v) is 5.67. The van der Waals surface area contributed by atoms with E-state index in [2.05, 4.69) is 73.4 Å². The molecule has 0 spiro atoms. The van der Waals surface area contributed by atoms with Crippen LogP contribution in [0.4, 0.5) is 5.69 Å². The van der Waals surface area contributed by atoms with Gasteiger partial charge < -0.3 is 14.9 Å². The highest BCUT2D eigenvalue weighted by molar-refractivity contribution is 6.32. The van der Waals surface area contributed by atoms with Crippen molar-refractivity contribution in [1.29, 1.82) is 0 Å². The Kier molecular flexibility index (Phi) is 5.19. The van der Waals surface area contributed by atoms with Gasteiger partial charge in [-0.15, -0.1) is 0 Å². The van der Waals surface area contributed by atoms with Crippen LogP contribution >= 0.6 is 11.6 Å². The molecule has 0 radical (unpaired) electrons. The monoisotopic (exact) mass is 432 g/mol. The van der Waals surface area contributed by atoms with Crippen molar-refractivity contribution in [3.63, 3.8) is 0 Å². The van der Waals surface area contributed by atoms with E-state index >= 15 is 0 Å². The highest BCUT2D eigenvalue weighted by atomic mass is 35.5. The average molecular weight is 433 g/mol. The van der Waals surface area contributed by atoms with E-state index in [0.717, 1.165) is 25.8 Å². The van der Waals surface area contributed by atoms with Crippen LogP contribution in [0.25, 0.3) is 11.1 Å². The number of anilines is 1. The Labute approximate surface area is 189 Å². The molecule has 4 heteroatoms. The largest absolute Gasteiger partial charge is 0.506 e. The number of likely N-dealkylation sites (N-methyl/N-ethyl adjacent to an activating group) is 1. The molecule has 0 amide bonds. The molecule has 3 aromatic carbocycles. The molecule has 2 aliphatic rings. The van der Waals surface area contributed by atoms with Gasteiger partial charge in [0.25, 0.3) is 0 Å². The minimum atomic E-state index is 0.186. The molecule has 2 atom stereocenters. The van der Waals surface area contributed by atoms with Crippen LogP contribution in [0, 0.1) is 0 Å². The molecule has 0 bridgehead atoms. The number of hydrogen-bond donors (Lipinski definition) is 1. The number of aromatic hydroxyl groups is 1. The lowest BCUT2D eigenvalue weighted by atomic mass is 9.72. The zero-order valence-electron chi connectivity index (χ0n) is 18.4. The summed E-state index contributed by atoms with van der Waals surface area (Å²) in [6.45, 7) is 1.01. The standard InChI is InChI=1S/C27H29ClN2O/c1-29(2)19-9-7-17(8-10-19)20-5-4-6-22-21(20)11-12-25-27(22)23-16-26(31)24(28)15-18(23)13-14-30(25)3/h4-10,15-16,25,27,31H,11-14H2,1-3H3/t25-,27+/m0/s1. The Morgan fingerprint density at radius 2 is 1.77 bits per heavy atom. The van der Waals surface area contributed by atoms with E-state index in [-0.39, 0.29) is 11.7 Å². The Hall–Kier alpha value is -2.49. The van der Waals surface area contributed by atoms with Crippen LogP contribution < -0.4 is 4.90 Å². The lowest BCUT2D eigenvalue weighted by molar-refractivity contribution is 0.214. The zero-order chi connectivity index (χ0) is 21.7. The molecule has 5 rings (SSSR count). The van der Waals surface area contributed by atoms with E-state index in [1.54, 1.807) is 0 Å². The first kappa shape index (κ1) is 20.4. The maximum absolute atomic E-state index is 10.4. The molecule has 0 fully saturated rings. The smallest absolute Gasteiger partial charge is 0.134 e. The number of rotatable bonds is 2. The predicted molar refractivity (Wildman–Crippen MR) is 130 cm³/mol. The van der Waals surface area contributed by atoms with E-state index < -0.39 is 0 Å². The molecule has 0 saturated heterocycles. The van der Waals surface area contributed by atoms with Crippen molar-refractivity contribution in [2.24, 2.45) is 0 Å². The second-order valence-corrected chi connectivity index (χ2v) is 9.54. The summed E-state index contributed by atoms with van der Waals surface area (Å²) in [5.74, 6) is 0.432. The summed E-state index contributed by atoms with van der Waals surface area (Å²) in [6, 6.07) is 19.9. The number of hydrogen-bond acceptors (Lipinski definition) is 3. The van der Waals surface area contributed by atoms with Crippen molar-refractivity contribution in [2.75, 3.05) is 32.6 Å². The Balaban J connectivity index is 1.66. The summed E-state index contributed by atoms with van der Waals surface area (Å²) in [4.78, 5) is 4.63. The fraction of sp³-hybridized carbons (Fsp3) is 0.333.